The fourth-order valence-electron chi connectivity index (χ4n) is 2.97. The number of carboxylic acid groups (broad SMARTS) is 1. The van der Waals surface area contributed by atoms with Gasteiger partial charge in [-0.3, -0.25) is 4.79 Å². The third-order valence-electron chi connectivity index (χ3n) is 4.01. The molecule has 0 heterocycles. The fraction of sp³-hybridized carbons (Fsp3) is 0.533. The van der Waals surface area contributed by atoms with E-state index in [9.17, 15) is 18.3 Å². The van der Waals surface area contributed by atoms with Crippen LogP contribution in [0.1, 0.15) is 43.4 Å². The molecule has 20 heavy (non-hydrogen) atoms. The van der Waals surface area contributed by atoms with Crippen LogP contribution in [0.3, 0.4) is 0 Å². The highest BCUT2D eigenvalue weighted by atomic mass is 32.2. The highest BCUT2D eigenvalue weighted by molar-refractivity contribution is 7.93. The highest BCUT2D eigenvalue weighted by Crippen LogP contribution is 2.35. The summed E-state index contributed by atoms with van der Waals surface area (Å²) in [6, 6.07) is 8.23. The Hall–Kier alpha value is -1.36. The Morgan fingerprint density at radius 1 is 1.25 bits per heavy atom. The topological polar surface area (TPSA) is 71.4 Å². The van der Waals surface area contributed by atoms with E-state index < -0.39 is 26.3 Å². The predicted octanol–water partition coefficient (Wildman–Crippen LogP) is 2.81. The molecule has 3 unspecified atom stereocenters. The van der Waals surface area contributed by atoms with Gasteiger partial charge < -0.3 is 5.11 Å². The highest BCUT2D eigenvalue weighted by Gasteiger charge is 2.41. The molecule has 1 fully saturated rings. The molecule has 0 bridgehead atoms. The number of hydrogen-bond donors (Lipinski definition) is 1. The van der Waals surface area contributed by atoms with Crippen LogP contribution >= 0.6 is 0 Å². The van der Waals surface area contributed by atoms with Crippen LogP contribution in [0.5, 0.6) is 0 Å². The molecule has 1 aliphatic carbocycles. The molecule has 110 valence electrons. The molecule has 0 aromatic heterocycles. The fourth-order valence-corrected chi connectivity index (χ4v) is 5.26. The average Bonchev–Trinajstić information content (AvgIpc) is 2.39. The average molecular weight is 296 g/mol. The van der Waals surface area contributed by atoms with E-state index in [0.717, 1.165) is 12.8 Å². The summed E-state index contributed by atoms with van der Waals surface area (Å²) in [4.78, 5) is 11.5. The molecule has 1 aromatic rings. The molecule has 0 saturated heterocycles. The smallest absolute Gasteiger partial charge is 0.326 e. The van der Waals surface area contributed by atoms with Gasteiger partial charge in [-0.1, -0.05) is 50.1 Å². The SMILES string of the molecule is CC1CCCC(S(=O)(=O)C(C(=O)O)c2ccccc2)C1. The Kier molecular flexibility index (Phi) is 4.48. The first-order chi connectivity index (χ1) is 9.43. The minimum Gasteiger partial charge on any atom is -0.480 e. The number of carboxylic acids is 1. The van der Waals surface area contributed by atoms with E-state index in [4.69, 9.17) is 0 Å². The third kappa shape index (κ3) is 3.03. The summed E-state index contributed by atoms with van der Waals surface area (Å²) in [7, 11) is -3.71. The summed E-state index contributed by atoms with van der Waals surface area (Å²) in [6.45, 7) is 2.03. The van der Waals surface area contributed by atoms with Crippen molar-refractivity contribution in [1.29, 1.82) is 0 Å². The van der Waals surface area contributed by atoms with E-state index in [2.05, 4.69) is 0 Å². The maximum Gasteiger partial charge on any atom is 0.326 e. The Labute approximate surface area is 119 Å². The summed E-state index contributed by atoms with van der Waals surface area (Å²) >= 11 is 0. The lowest BCUT2D eigenvalue weighted by Crippen LogP contribution is -2.34. The first-order valence-electron chi connectivity index (χ1n) is 6.93. The van der Waals surface area contributed by atoms with Crippen LogP contribution in [0, 0.1) is 5.92 Å². The molecule has 5 heteroatoms. The molecule has 0 amide bonds. The molecular weight excluding hydrogens is 276 g/mol. The number of sulfone groups is 1. The standard InChI is InChI=1S/C15H20O4S/c1-11-6-5-9-13(10-11)20(18,19)14(15(16)17)12-7-3-2-4-8-12/h2-4,7-8,11,13-14H,5-6,9-10H2,1H3,(H,16,17). The van der Waals surface area contributed by atoms with E-state index in [1.54, 1.807) is 30.3 Å². The van der Waals surface area contributed by atoms with Gasteiger partial charge in [-0.2, -0.15) is 0 Å². The summed E-state index contributed by atoms with van der Waals surface area (Å²) in [5.74, 6) is -0.942. The zero-order chi connectivity index (χ0) is 14.8. The van der Waals surface area contributed by atoms with Crippen LogP contribution in [0.2, 0.25) is 0 Å². The van der Waals surface area contributed by atoms with Gasteiger partial charge in [-0.05, 0) is 24.3 Å². The summed E-state index contributed by atoms with van der Waals surface area (Å²) in [5.41, 5.74) is 0.346. The first-order valence-corrected chi connectivity index (χ1v) is 8.54. The third-order valence-corrected chi connectivity index (χ3v) is 6.50. The van der Waals surface area contributed by atoms with Crippen LogP contribution < -0.4 is 0 Å². The zero-order valence-electron chi connectivity index (χ0n) is 11.5. The van der Waals surface area contributed by atoms with Crippen molar-refractivity contribution in [2.24, 2.45) is 5.92 Å². The molecule has 1 saturated carbocycles. The van der Waals surface area contributed by atoms with E-state index in [1.165, 1.54) is 0 Å². The molecule has 1 aliphatic rings. The molecular formula is C15H20O4S. The van der Waals surface area contributed by atoms with Crippen molar-refractivity contribution >= 4 is 15.8 Å². The number of benzene rings is 1. The van der Waals surface area contributed by atoms with Crippen molar-refractivity contribution in [3.63, 3.8) is 0 Å². The molecule has 0 spiro atoms. The molecule has 1 aromatic carbocycles. The largest absolute Gasteiger partial charge is 0.480 e. The van der Waals surface area contributed by atoms with Gasteiger partial charge in [0.25, 0.3) is 0 Å². The van der Waals surface area contributed by atoms with Gasteiger partial charge in [-0.15, -0.1) is 0 Å². The lowest BCUT2D eigenvalue weighted by atomic mass is 9.90. The van der Waals surface area contributed by atoms with E-state index in [-0.39, 0.29) is 0 Å². The lowest BCUT2D eigenvalue weighted by molar-refractivity contribution is -0.136. The maximum atomic E-state index is 12.7. The second-order valence-corrected chi connectivity index (χ2v) is 7.93. The van der Waals surface area contributed by atoms with Crippen molar-refractivity contribution in [2.45, 2.75) is 43.1 Å². The zero-order valence-corrected chi connectivity index (χ0v) is 12.3. The summed E-state index contributed by atoms with van der Waals surface area (Å²) < 4.78 is 25.4. The van der Waals surface area contributed by atoms with Gasteiger partial charge in [0.15, 0.2) is 15.1 Å². The van der Waals surface area contributed by atoms with Gasteiger partial charge in [-0.25, -0.2) is 8.42 Å². The van der Waals surface area contributed by atoms with Gasteiger partial charge >= 0.3 is 5.97 Å². The summed E-state index contributed by atoms with van der Waals surface area (Å²) in [5, 5.41) is 7.40. The van der Waals surface area contributed by atoms with Crippen LogP contribution in [-0.4, -0.2) is 24.7 Å². The number of carbonyl (C=O) groups is 1. The maximum absolute atomic E-state index is 12.7. The van der Waals surface area contributed by atoms with Crippen LogP contribution in [-0.2, 0) is 14.6 Å². The first kappa shape index (κ1) is 15.0. The van der Waals surface area contributed by atoms with Crippen molar-refractivity contribution in [1.82, 2.24) is 0 Å². The lowest BCUT2D eigenvalue weighted by Gasteiger charge is -2.28. The molecule has 1 N–H and O–H groups in total. The quantitative estimate of drug-likeness (QED) is 0.927. The van der Waals surface area contributed by atoms with Gasteiger partial charge in [0.05, 0.1) is 5.25 Å². The van der Waals surface area contributed by atoms with Crippen molar-refractivity contribution in [2.75, 3.05) is 0 Å². The van der Waals surface area contributed by atoms with Gasteiger partial charge in [0, 0.05) is 0 Å². The molecule has 0 aliphatic heterocycles. The second kappa shape index (κ2) is 5.95. The Morgan fingerprint density at radius 3 is 2.45 bits per heavy atom. The van der Waals surface area contributed by atoms with Crippen molar-refractivity contribution in [3.8, 4) is 0 Å². The Morgan fingerprint density at radius 2 is 1.90 bits per heavy atom. The van der Waals surface area contributed by atoms with Crippen molar-refractivity contribution in [3.05, 3.63) is 35.9 Å². The van der Waals surface area contributed by atoms with Crippen molar-refractivity contribution < 1.29 is 18.3 Å². The summed E-state index contributed by atoms with van der Waals surface area (Å²) in [6.07, 6.45) is 3.02. The second-order valence-electron chi connectivity index (χ2n) is 5.61. The molecule has 2 rings (SSSR count). The molecule has 4 nitrogen and oxygen atoms in total. The Bertz CT molecular complexity index is 565. The van der Waals surface area contributed by atoms with E-state index in [0.29, 0.717) is 24.3 Å². The van der Waals surface area contributed by atoms with E-state index in [1.807, 2.05) is 6.92 Å². The number of aliphatic carboxylic acids is 1. The monoisotopic (exact) mass is 296 g/mol. The number of rotatable bonds is 4. The number of hydrogen-bond acceptors (Lipinski definition) is 3. The minimum atomic E-state index is -3.71. The predicted molar refractivity (Wildman–Crippen MR) is 77.2 cm³/mol. The Balaban J connectivity index is 2.36. The van der Waals surface area contributed by atoms with Crippen LogP contribution in [0.4, 0.5) is 0 Å². The molecule has 0 radical (unpaired) electrons. The van der Waals surface area contributed by atoms with Gasteiger partial charge in [0.1, 0.15) is 0 Å². The van der Waals surface area contributed by atoms with E-state index >= 15 is 0 Å². The normalized spacial score (nSPS) is 25.1. The van der Waals surface area contributed by atoms with Crippen LogP contribution in [0.15, 0.2) is 30.3 Å². The van der Waals surface area contributed by atoms with Crippen LogP contribution in [0.25, 0.3) is 0 Å². The van der Waals surface area contributed by atoms with Gasteiger partial charge in [0.2, 0.25) is 0 Å². The minimum absolute atomic E-state index is 0.341. The molecule has 3 atom stereocenters.